The molecular weight excluding hydrogens is 150 g/mol. The van der Waals surface area contributed by atoms with Gasteiger partial charge in [-0.15, -0.1) is 0 Å². The van der Waals surface area contributed by atoms with Crippen molar-refractivity contribution >= 4 is 0 Å². The maximum atomic E-state index is 9.44. The first kappa shape index (κ1) is 10.0. The van der Waals surface area contributed by atoms with Crippen LogP contribution in [-0.4, -0.2) is 24.3 Å². The Labute approximate surface area is 75.4 Å². The number of rotatable bonds is 3. The standard InChI is InChI=1S/C10H21NO/c1-8(11-2)6-9-4-3-5-10(12)7-9/h8-12H,3-7H2,1-2H3. The van der Waals surface area contributed by atoms with Crippen molar-refractivity contribution in [2.75, 3.05) is 7.05 Å². The zero-order valence-corrected chi connectivity index (χ0v) is 8.21. The highest BCUT2D eigenvalue weighted by molar-refractivity contribution is 4.75. The molecule has 72 valence electrons. The van der Waals surface area contributed by atoms with E-state index in [-0.39, 0.29) is 6.10 Å². The van der Waals surface area contributed by atoms with Gasteiger partial charge in [0.1, 0.15) is 0 Å². The van der Waals surface area contributed by atoms with E-state index in [2.05, 4.69) is 12.2 Å². The van der Waals surface area contributed by atoms with Crippen LogP contribution in [0, 0.1) is 5.92 Å². The van der Waals surface area contributed by atoms with Crippen LogP contribution in [0.5, 0.6) is 0 Å². The quantitative estimate of drug-likeness (QED) is 0.675. The summed E-state index contributed by atoms with van der Waals surface area (Å²) in [6.07, 6.45) is 5.75. The summed E-state index contributed by atoms with van der Waals surface area (Å²) in [5, 5.41) is 12.7. The van der Waals surface area contributed by atoms with E-state index in [1.165, 1.54) is 19.3 Å². The van der Waals surface area contributed by atoms with E-state index in [0.29, 0.717) is 6.04 Å². The van der Waals surface area contributed by atoms with Gasteiger partial charge in [0.25, 0.3) is 0 Å². The topological polar surface area (TPSA) is 32.3 Å². The Balaban J connectivity index is 2.22. The van der Waals surface area contributed by atoms with Crippen LogP contribution in [0.3, 0.4) is 0 Å². The van der Waals surface area contributed by atoms with Crippen LogP contribution in [0.15, 0.2) is 0 Å². The summed E-state index contributed by atoms with van der Waals surface area (Å²) in [7, 11) is 2.00. The monoisotopic (exact) mass is 171 g/mol. The summed E-state index contributed by atoms with van der Waals surface area (Å²) in [5.41, 5.74) is 0. The molecule has 0 saturated heterocycles. The maximum absolute atomic E-state index is 9.44. The zero-order valence-electron chi connectivity index (χ0n) is 8.21. The third kappa shape index (κ3) is 3.11. The highest BCUT2D eigenvalue weighted by Gasteiger charge is 2.21. The molecule has 1 rings (SSSR count). The van der Waals surface area contributed by atoms with Crippen molar-refractivity contribution in [1.82, 2.24) is 5.32 Å². The van der Waals surface area contributed by atoms with E-state index in [9.17, 15) is 5.11 Å². The number of aliphatic hydroxyl groups is 1. The fourth-order valence-electron chi connectivity index (χ4n) is 2.09. The average Bonchev–Trinajstić information content (AvgIpc) is 2.04. The molecule has 0 amide bonds. The van der Waals surface area contributed by atoms with Gasteiger partial charge in [-0.3, -0.25) is 0 Å². The fourth-order valence-corrected chi connectivity index (χ4v) is 2.09. The molecule has 2 heteroatoms. The lowest BCUT2D eigenvalue weighted by atomic mass is 9.83. The predicted octanol–water partition coefficient (Wildman–Crippen LogP) is 1.54. The molecule has 2 N–H and O–H groups in total. The summed E-state index contributed by atoms with van der Waals surface area (Å²) in [4.78, 5) is 0. The molecule has 0 aromatic rings. The predicted molar refractivity (Wildman–Crippen MR) is 51.1 cm³/mol. The van der Waals surface area contributed by atoms with Crippen LogP contribution in [0.2, 0.25) is 0 Å². The molecule has 1 fully saturated rings. The van der Waals surface area contributed by atoms with E-state index in [1.807, 2.05) is 7.05 Å². The SMILES string of the molecule is CNC(C)CC1CCCC(O)C1. The number of hydrogen-bond acceptors (Lipinski definition) is 2. The molecule has 0 spiro atoms. The normalized spacial score (nSPS) is 33.2. The van der Waals surface area contributed by atoms with Gasteiger partial charge in [-0.25, -0.2) is 0 Å². The van der Waals surface area contributed by atoms with Crippen LogP contribution in [0.4, 0.5) is 0 Å². The zero-order chi connectivity index (χ0) is 8.97. The minimum atomic E-state index is -0.0205. The Kier molecular flexibility index (Phi) is 4.02. The van der Waals surface area contributed by atoms with Crippen molar-refractivity contribution in [2.24, 2.45) is 5.92 Å². The Morgan fingerprint density at radius 2 is 2.25 bits per heavy atom. The van der Waals surface area contributed by atoms with Crippen molar-refractivity contribution in [3.63, 3.8) is 0 Å². The highest BCUT2D eigenvalue weighted by atomic mass is 16.3. The molecule has 12 heavy (non-hydrogen) atoms. The Morgan fingerprint density at radius 1 is 1.50 bits per heavy atom. The van der Waals surface area contributed by atoms with Gasteiger partial charge in [0, 0.05) is 6.04 Å². The largest absolute Gasteiger partial charge is 0.393 e. The smallest absolute Gasteiger partial charge is 0.0542 e. The van der Waals surface area contributed by atoms with Gasteiger partial charge in [-0.1, -0.05) is 12.8 Å². The van der Waals surface area contributed by atoms with Crippen LogP contribution in [0.1, 0.15) is 39.0 Å². The summed E-state index contributed by atoms with van der Waals surface area (Å²) < 4.78 is 0. The van der Waals surface area contributed by atoms with Gasteiger partial charge in [-0.05, 0) is 39.2 Å². The van der Waals surface area contributed by atoms with Crippen molar-refractivity contribution in [3.8, 4) is 0 Å². The van der Waals surface area contributed by atoms with Crippen molar-refractivity contribution in [1.29, 1.82) is 0 Å². The van der Waals surface area contributed by atoms with E-state index in [1.54, 1.807) is 0 Å². The molecule has 0 bridgehead atoms. The minimum Gasteiger partial charge on any atom is -0.393 e. The van der Waals surface area contributed by atoms with Gasteiger partial charge in [0.15, 0.2) is 0 Å². The number of hydrogen-bond donors (Lipinski definition) is 2. The van der Waals surface area contributed by atoms with Gasteiger partial charge in [-0.2, -0.15) is 0 Å². The molecule has 0 aromatic heterocycles. The Bertz CT molecular complexity index is 127. The van der Waals surface area contributed by atoms with E-state index < -0.39 is 0 Å². The minimum absolute atomic E-state index is 0.0205. The molecular formula is C10H21NO. The second-order valence-electron chi connectivity index (χ2n) is 4.11. The fraction of sp³-hybridized carbons (Fsp3) is 1.00. The van der Waals surface area contributed by atoms with Crippen molar-refractivity contribution in [2.45, 2.75) is 51.2 Å². The number of aliphatic hydroxyl groups excluding tert-OH is 1. The molecule has 1 saturated carbocycles. The first-order valence-electron chi connectivity index (χ1n) is 5.07. The molecule has 3 atom stereocenters. The summed E-state index contributed by atoms with van der Waals surface area (Å²) in [5.74, 6) is 0.746. The molecule has 1 aliphatic rings. The molecule has 3 unspecified atom stereocenters. The lowest BCUT2D eigenvalue weighted by Crippen LogP contribution is -2.28. The molecule has 0 radical (unpaired) electrons. The number of nitrogens with one attached hydrogen (secondary N) is 1. The van der Waals surface area contributed by atoms with Gasteiger partial charge < -0.3 is 10.4 Å². The lowest BCUT2D eigenvalue weighted by molar-refractivity contribution is 0.0955. The van der Waals surface area contributed by atoms with Crippen molar-refractivity contribution in [3.05, 3.63) is 0 Å². The summed E-state index contributed by atoms with van der Waals surface area (Å²) in [6.45, 7) is 2.21. The Hall–Kier alpha value is -0.0800. The van der Waals surface area contributed by atoms with Gasteiger partial charge >= 0.3 is 0 Å². The molecule has 2 nitrogen and oxygen atoms in total. The maximum Gasteiger partial charge on any atom is 0.0542 e. The first-order valence-corrected chi connectivity index (χ1v) is 5.07. The molecule has 0 aromatic carbocycles. The average molecular weight is 171 g/mol. The van der Waals surface area contributed by atoms with Crippen LogP contribution >= 0.6 is 0 Å². The van der Waals surface area contributed by atoms with Crippen molar-refractivity contribution < 1.29 is 5.11 Å². The molecule has 0 aliphatic heterocycles. The molecule has 1 aliphatic carbocycles. The second-order valence-corrected chi connectivity index (χ2v) is 4.11. The lowest BCUT2D eigenvalue weighted by Gasteiger charge is -2.27. The third-order valence-electron chi connectivity index (χ3n) is 2.93. The summed E-state index contributed by atoms with van der Waals surface area (Å²) >= 11 is 0. The Morgan fingerprint density at radius 3 is 2.83 bits per heavy atom. The van der Waals surface area contributed by atoms with Gasteiger partial charge in [0.2, 0.25) is 0 Å². The van der Waals surface area contributed by atoms with Crippen LogP contribution in [-0.2, 0) is 0 Å². The van der Waals surface area contributed by atoms with E-state index >= 15 is 0 Å². The van der Waals surface area contributed by atoms with Crippen LogP contribution in [0.25, 0.3) is 0 Å². The summed E-state index contributed by atoms with van der Waals surface area (Å²) in [6, 6.07) is 0.597. The first-order chi connectivity index (χ1) is 5.72. The highest BCUT2D eigenvalue weighted by Crippen LogP contribution is 2.27. The third-order valence-corrected chi connectivity index (χ3v) is 2.93. The molecule has 0 heterocycles. The van der Waals surface area contributed by atoms with Crippen LogP contribution < -0.4 is 5.32 Å². The van der Waals surface area contributed by atoms with Gasteiger partial charge in [0.05, 0.1) is 6.10 Å². The van der Waals surface area contributed by atoms with E-state index in [0.717, 1.165) is 18.8 Å². The second kappa shape index (κ2) is 4.83. The van der Waals surface area contributed by atoms with E-state index in [4.69, 9.17) is 0 Å².